The Morgan fingerprint density at radius 1 is 1.40 bits per heavy atom. The summed E-state index contributed by atoms with van der Waals surface area (Å²) in [5.41, 5.74) is 8.37. The fourth-order valence-electron chi connectivity index (χ4n) is 1.46. The summed E-state index contributed by atoms with van der Waals surface area (Å²) in [6, 6.07) is 1.78. The van der Waals surface area contributed by atoms with Gasteiger partial charge in [0.2, 0.25) is 0 Å². The molecule has 0 aromatic carbocycles. The first-order valence-electron chi connectivity index (χ1n) is 4.91. The number of hydrogen-bond acceptors (Lipinski definition) is 4. The highest BCUT2D eigenvalue weighted by Crippen LogP contribution is 2.23. The highest BCUT2D eigenvalue weighted by molar-refractivity contribution is 5.72. The van der Waals surface area contributed by atoms with Crippen LogP contribution >= 0.6 is 0 Å². The number of rotatable bonds is 3. The van der Waals surface area contributed by atoms with Gasteiger partial charge in [0, 0.05) is 30.2 Å². The van der Waals surface area contributed by atoms with E-state index in [-0.39, 0.29) is 0 Å². The molecule has 0 aliphatic heterocycles. The number of nitrogens with zero attached hydrogens (tertiary/aromatic N) is 4. The summed E-state index contributed by atoms with van der Waals surface area (Å²) in [6.45, 7) is 2.93. The lowest BCUT2D eigenvalue weighted by molar-refractivity contribution is 0.584. The van der Waals surface area contributed by atoms with E-state index in [4.69, 9.17) is 5.73 Å². The van der Waals surface area contributed by atoms with E-state index in [1.54, 1.807) is 24.7 Å². The summed E-state index contributed by atoms with van der Waals surface area (Å²) >= 11 is 0. The van der Waals surface area contributed by atoms with E-state index < -0.39 is 0 Å². The molecular formula is C10H13N5. The molecule has 2 rings (SSSR count). The van der Waals surface area contributed by atoms with E-state index in [9.17, 15) is 0 Å². The lowest BCUT2D eigenvalue weighted by Crippen LogP contribution is -2.03. The first-order valence-corrected chi connectivity index (χ1v) is 4.91. The Morgan fingerprint density at radius 2 is 2.27 bits per heavy atom. The lowest BCUT2D eigenvalue weighted by atomic mass is 10.2. The molecule has 5 heteroatoms. The second kappa shape index (κ2) is 4.08. The Bertz CT molecular complexity index is 449. The van der Waals surface area contributed by atoms with Crippen molar-refractivity contribution in [3.63, 3.8) is 0 Å². The monoisotopic (exact) mass is 203 g/mol. The molecule has 0 unspecified atom stereocenters. The third kappa shape index (κ3) is 1.81. The van der Waals surface area contributed by atoms with Crippen LogP contribution in [0, 0.1) is 0 Å². The van der Waals surface area contributed by atoms with Crippen LogP contribution < -0.4 is 5.73 Å². The number of aryl methyl sites for hydroxylation is 1. The Hall–Kier alpha value is -1.91. The third-order valence-corrected chi connectivity index (χ3v) is 2.18. The molecule has 2 aromatic heterocycles. The zero-order chi connectivity index (χ0) is 10.7. The molecule has 0 bridgehead atoms. The standard InChI is InChI=1S/C10H13N5/c1-2-5-15-10(7-13-14-15)8-6-12-4-3-9(8)11/h3-4,6-7H,2,5H2,1H3,(H2,11,12). The van der Waals surface area contributed by atoms with Crippen LogP contribution in [0.3, 0.4) is 0 Å². The van der Waals surface area contributed by atoms with E-state index >= 15 is 0 Å². The Morgan fingerprint density at radius 3 is 3.00 bits per heavy atom. The summed E-state index contributed by atoms with van der Waals surface area (Å²) in [5, 5.41) is 7.89. The molecule has 2 aromatic rings. The maximum Gasteiger partial charge on any atom is 0.0921 e. The van der Waals surface area contributed by atoms with Gasteiger partial charge in [-0.2, -0.15) is 0 Å². The zero-order valence-electron chi connectivity index (χ0n) is 8.59. The van der Waals surface area contributed by atoms with Gasteiger partial charge in [-0.3, -0.25) is 4.98 Å². The van der Waals surface area contributed by atoms with Crippen LogP contribution in [0.15, 0.2) is 24.7 Å². The Kier molecular flexibility index (Phi) is 2.62. The van der Waals surface area contributed by atoms with Crippen LogP contribution in [0.1, 0.15) is 13.3 Å². The second-order valence-corrected chi connectivity index (χ2v) is 3.31. The van der Waals surface area contributed by atoms with E-state index in [1.807, 2.05) is 4.68 Å². The van der Waals surface area contributed by atoms with Gasteiger partial charge in [-0.15, -0.1) is 5.10 Å². The van der Waals surface area contributed by atoms with Gasteiger partial charge < -0.3 is 5.73 Å². The number of anilines is 1. The van der Waals surface area contributed by atoms with E-state index in [0.717, 1.165) is 24.2 Å². The average molecular weight is 203 g/mol. The van der Waals surface area contributed by atoms with Gasteiger partial charge >= 0.3 is 0 Å². The molecule has 0 amide bonds. The molecule has 0 radical (unpaired) electrons. The van der Waals surface area contributed by atoms with Crippen LogP contribution in [-0.2, 0) is 6.54 Å². The normalized spacial score (nSPS) is 10.5. The molecule has 15 heavy (non-hydrogen) atoms. The first kappa shape index (κ1) is 9.64. The van der Waals surface area contributed by atoms with Gasteiger partial charge in [-0.25, -0.2) is 4.68 Å². The predicted octanol–water partition coefficient (Wildman–Crippen LogP) is 1.33. The van der Waals surface area contributed by atoms with Crippen LogP contribution in [0.2, 0.25) is 0 Å². The van der Waals surface area contributed by atoms with Crippen molar-refractivity contribution in [1.82, 2.24) is 20.0 Å². The summed E-state index contributed by atoms with van der Waals surface area (Å²) in [7, 11) is 0. The van der Waals surface area contributed by atoms with Crippen molar-refractivity contribution in [2.75, 3.05) is 5.73 Å². The maximum absolute atomic E-state index is 5.87. The molecule has 78 valence electrons. The molecule has 0 aliphatic carbocycles. The molecular weight excluding hydrogens is 190 g/mol. The number of nitrogens with two attached hydrogens (primary N) is 1. The van der Waals surface area contributed by atoms with Gasteiger partial charge in [0.15, 0.2) is 0 Å². The molecule has 0 atom stereocenters. The topological polar surface area (TPSA) is 69.6 Å². The van der Waals surface area contributed by atoms with Gasteiger partial charge in [0.25, 0.3) is 0 Å². The average Bonchev–Trinajstić information content (AvgIpc) is 2.67. The molecule has 0 fully saturated rings. The van der Waals surface area contributed by atoms with Gasteiger partial charge in [0.05, 0.1) is 11.9 Å². The van der Waals surface area contributed by atoms with Crippen molar-refractivity contribution >= 4 is 5.69 Å². The van der Waals surface area contributed by atoms with Crippen molar-refractivity contribution in [2.45, 2.75) is 19.9 Å². The largest absolute Gasteiger partial charge is 0.398 e. The number of hydrogen-bond donors (Lipinski definition) is 1. The highest BCUT2D eigenvalue weighted by Gasteiger charge is 2.08. The van der Waals surface area contributed by atoms with Crippen molar-refractivity contribution < 1.29 is 0 Å². The SMILES string of the molecule is CCCn1nncc1-c1cnccc1N. The van der Waals surface area contributed by atoms with E-state index in [2.05, 4.69) is 22.2 Å². The van der Waals surface area contributed by atoms with Crippen LogP contribution in [-0.4, -0.2) is 20.0 Å². The fraction of sp³-hybridized carbons (Fsp3) is 0.300. The number of pyridine rings is 1. The van der Waals surface area contributed by atoms with Gasteiger partial charge in [-0.1, -0.05) is 12.1 Å². The van der Waals surface area contributed by atoms with Gasteiger partial charge in [0.1, 0.15) is 0 Å². The van der Waals surface area contributed by atoms with Crippen molar-refractivity contribution in [3.05, 3.63) is 24.7 Å². The molecule has 5 nitrogen and oxygen atoms in total. The number of nitrogen functional groups attached to an aromatic ring is 1. The Labute approximate surface area is 87.9 Å². The minimum Gasteiger partial charge on any atom is -0.398 e. The summed E-state index contributed by atoms with van der Waals surface area (Å²) in [4.78, 5) is 4.05. The second-order valence-electron chi connectivity index (χ2n) is 3.31. The molecule has 0 spiro atoms. The molecule has 2 heterocycles. The van der Waals surface area contributed by atoms with Crippen LogP contribution in [0.4, 0.5) is 5.69 Å². The quantitative estimate of drug-likeness (QED) is 0.817. The summed E-state index contributed by atoms with van der Waals surface area (Å²) in [6.07, 6.45) is 6.13. The molecule has 0 aliphatic rings. The number of aromatic nitrogens is 4. The summed E-state index contributed by atoms with van der Waals surface area (Å²) in [5.74, 6) is 0. The highest BCUT2D eigenvalue weighted by atomic mass is 15.4. The van der Waals surface area contributed by atoms with Crippen molar-refractivity contribution in [2.24, 2.45) is 0 Å². The minimum atomic E-state index is 0.699. The minimum absolute atomic E-state index is 0.699. The maximum atomic E-state index is 5.87. The molecule has 0 saturated heterocycles. The third-order valence-electron chi connectivity index (χ3n) is 2.18. The summed E-state index contributed by atoms with van der Waals surface area (Å²) < 4.78 is 1.84. The Balaban J connectivity index is 2.45. The predicted molar refractivity (Wildman–Crippen MR) is 58.0 cm³/mol. The van der Waals surface area contributed by atoms with E-state index in [0.29, 0.717) is 5.69 Å². The van der Waals surface area contributed by atoms with E-state index in [1.165, 1.54) is 0 Å². The van der Waals surface area contributed by atoms with Crippen LogP contribution in [0.25, 0.3) is 11.3 Å². The van der Waals surface area contributed by atoms with Crippen molar-refractivity contribution in [1.29, 1.82) is 0 Å². The lowest BCUT2D eigenvalue weighted by Gasteiger charge is -2.06. The molecule has 0 saturated carbocycles. The van der Waals surface area contributed by atoms with Crippen LogP contribution in [0.5, 0.6) is 0 Å². The van der Waals surface area contributed by atoms with Gasteiger partial charge in [-0.05, 0) is 12.5 Å². The van der Waals surface area contributed by atoms with Crippen molar-refractivity contribution in [3.8, 4) is 11.3 Å². The zero-order valence-corrected chi connectivity index (χ0v) is 8.59. The molecule has 2 N–H and O–H groups in total. The first-order chi connectivity index (χ1) is 7.33. The fourth-order valence-corrected chi connectivity index (χ4v) is 1.46. The smallest absolute Gasteiger partial charge is 0.0921 e.